The Morgan fingerprint density at radius 2 is 1.61 bits per heavy atom. The van der Waals surface area contributed by atoms with Gasteiger partial charge in [-0.15, -0.1) is 0 Å². The van der Waals surface area contributed by atoms with Crippen molar-refractivity contribution in [2.24, 2.45) is 0 Å². The molecule has 0 unspecified atom stereocenters. The van der Waals surface area contributed by atoms with E-state index in [1.54, 1.807) is 24.4 Å². The van der Waals surface area contributed by atoms with Gasteiger partial charge in [0.1, 0.15) is 5.69 Å². The zero-order valence-electron chi connectivity index (χ0n) is 17.5. The molecule has 172 valence electrons. The van der Waals surface area contributed by atoms with Crippen molar-refractivity contribution in [1.29, 1.82) is 0 Å². The normalized spacial score (nSPS) is 14.4. The number of anilines is 2. The van der Waals surface area contributed by atoms with Crippen LogP contribution in [0.1, 0.15) is 18.7 Å². The largest absolute Gasteiger partial charge is 0.433 e. The molecular formula is C25H26F3N5. The lowest BCUT2D eigenvalue weighted by molar-refractivity contribution is -0.140. The highest BCUT2D eigenvalue weighted by molar-refractivity contribution is 5.95. The van der Waals surface area contributed by atoms with Crippen LogP contribution in [0.3, 0.4) is 0 Å². The quantitative estimate of drug-likeness (QED) is 0.419. The van der Waals surface area contributed by atoms with Gasteiger partial charge in [-0.2, -0.15) is 18.3 Å². The smallest absolute Gasteiger partial charge is 0.368 e. The molecule has 1 N–H and O–H groups in total. The number of aromatic nitrogens is 3. The highest BCUT2D eigenvalue weighted by atomic mass is 19.4. The van der Waals surface area contributed by atoms with E-state index in [1.165, 1.54) is 17.4 Å². The van der Waals surface area contributed by atoms with E-state index in [2.05, 4.69) is 50.1 Å². The number of rotatable bonds is 3. The molecule has 33 heavy (non-hydrogen) atoms. The third-order valence-electron chi connectivity index (χ3n) is 6.03. The number of fused-ring (bicyclic) bond motifs is 1. The van der Waals surface area contributed by atoms with Gasteiger partial charge in [0.05, 0.1) is 11.7 Å². The summed E-state index contributed by atoms with van der Waals surface area (Å²) >= 11 is 0. The van der Waals surface area contributed by atoms with Crippen LogP contribution in [0.5, 0.6) is 0 Å². The Bertz CT molecular complexity index is 1260. The van der Waals surface area contributed by atoms with Gasteiger partial charge in [0.2, 0.25) is 0 Å². The molecular weight excluding hydrogens is 427 g/mol. The van der Waals surface area contributed by atoms with Crippen molar-refractivity contribution in [3.05, 3.63) is 72.2 Å². The van der Waals surface area contributed by atoms with Gasteiger partial charge >= 0.3 is 6.18 Å². The van der Waals surface area contributed by atoms with Crippen LogP contribution in [0.15, 0.2) is 60.9 Å². The number of piperazine rings is 1. The molecule has 4 aromatic rings. The van der Waals surface area contributed by atoms with Crippen LogP contribution in [0, 0.1) is 6.92 Å². The summed E-state index contributed by atoms with van der Waals surface area (Å²) in [5.74, 6) is 0. The van der Waals surface area contributed by atoms with Crippen molar-refractivity contribution >= 4 is 22.3 Å². The lowest BCUT2D eigenvalue weighted by Crippen LogP contribution is -2.46. The van der Waals surface area contributed by atoms with Gasteiger partial charge in [0.25, 0.3) is 0 Å². The van der Waals surface area contributed by atoms with Crippen molar-refractivity contribution in [2.45, 2.75) is 20.5 Å². The Labute approximate surface area is 190 Å². The van der Waals surface area contributed by atoms with Crippen molar-refractivity contribution in [2.75, 3.05) is 36.0 Å². The van der Waals surface area contributed by atoms with E-state index in [4.69, 9.17) is 0 Å². The number of nitrogens with zero attached hydrogens (tertiary/aromatic N) is 4. The lowest BCUT2D eigenvalue weighted by Gasteiger charge is -2.38. The fourth-order valence-electron chi connectivity index (χ4n) is 4.40. The number of halogens is 3. The van der Waals surface area contributed by atoms with Gasteiger partial charge in [0.15, 0.2) is 0 Å². The maximum atomic E-state index is 13.4. The molecule has 0 bridgehead atoms. The van der Waals surface area contributed by atoms with Crippen molar-refractivity contribution in [1.82, 2.24) is 15.2 Å². The Morgan fingerprint density at radius 1 is 0.909 bits per heavy atom. The van der Waals surface area contributed by atoms with Crippen LogP contribution in [-0.4, -0.2) is 41.4 Å². The molecule has 1 saturated heterocycles. The fourth-order valence-corrected chi connectivity index (χ4v) is 4.40. The first-order chi connectivity index (χ1) is 15.4. The molecule has 0 saturated carbocycles. The molecule has 8 heteroatoms. The Hall–Kier alpha value is -3.55. The number of aromatic amines is 1. The van der Waals surface area contributed by atoms with E-state index in [-0.39, 0.29) is 13.0 Å². The Balaban J connectivity index is 0.00000259. The molecule has 5 nitrogen and oxygen atoms in total. The number of benzene rings is 2. The molecule has 0 amide bonds. The number of alkyl halides is 3. The Kier molecular flexibility index (Phi) is 6.01. The second kappa shape index (κ2) is 8.77. The summed E-state index contributed by atoms with van der Waals surface area (Å²) in [5, 5.41) is 6.55. The fraction of sp³-hybridized carbons (Fsp3) is 0.280. The van der Waals surface area contributed by atoms with E-state index in [0.717, 1.165) is 42.8 Å². The Morgan fingerprint density at radius 3 is 2.30 bits per heavy atom. The van der Waals surface area contributed by atoms with Crippen LogP contribution in [0.25, 0.3) is 22.0 Å². The van der Waals surface area contributed by atoms with Crippen molar-refractivity contribution in [3.8, 4) is 11.1 Å². The third-order valence-corrected chi connectivity index (χ3v) is 6.03. The standard InChI is InChI=1S/C24H22F3N5.CH4/c1-16-4-2-3-5-21(16)31-10-12-32(13-11-31)22-8-9-28-20-7-6-17(14-18(20)22)19-15-29-30-23(19)24(25,26)27;/h2-9,14-15H,10-13H2,1H3,(H,29,30);1H4. The second-order valence-corrected chi connectivity index (χ2v) is 7.98. The first kappa shape index (κ1) is 22.6. The summed E-state index contributed by atoms with van der Waals surface area (Å²) in [6.07, 6.45) is -1.52. The highest BCUT2D eigenvalue weighted by Crippen LogP contribution is 2.37. The monoisotopic (exact) mass is 453 g/mol. The number of hydrogen-bond acceptors (Lipinski definition) is 4. The summed E-state index contributed by atoms with van der Waals surface area (Å²) in [5.41, 5.74) is 3.90. The molecule has 0 atom stereocenters. The average Bonchev–Trinajstić information content (AvgIpc) is 3.30. The molecule has 3 heterocycles. The van der Waals surface area contributed by atoms with Gasteiger partial charge in [-0.25, -0.2) is 0 Å². The van der Waals surface area contributed by atoms with Crippen molar-refractivity contribution in [3.63, 3.8) is 0 Å². The van der Waals surface area contributed by atoms with Gasteiger partial charge in [-0.1, -0.05) is 31.7 Å². The van der Waals surface area contributed by atoms with Crippen LogP contribution < -0.4 is 9.80 Å². The summed E-state index contributed by atoms with van der Waals surface area (Å²) in [6, 6.07) is 15.5. The second-order valence-electron chi connectivity index (χ2n) is 7.98. The van der Waals surface area contributed by atoms with Crippen LogP contribution in [-0.2, 0) is 6.18 Å². The predicted octanol–water partition coefficient (Wildman–Crippen LogP) is 5.91. The highest BCUT2D eigenvalue weighted by Gasteiger charge is 2.36. The summed E-state index contributed by atoms with van der Waals surface area (Å²) in [6.45, 7) is 5.49. The molecule has 1 fully saturated rings. The van der Waals surface area contributed by atoms with Crippen LogP contribution in [0.2, 0.25) is 0 Å². The third kappa shape index (κ3) is 4.25. The molecule has 0 aliphatic carbocycles. The van der Waals surface area contributed by atoms with E-state index in [1.807, 2.05) is 12.1 Å². The summed E-state index contributed by atoms with van der Waals surface area (Å²) in [4.78, 5) is 9.08. The molecule has 2 aromatic heterocycles. The number of hydrogen-bond donors (Lipinski definition) is 1. The first-order valence-electron chi connectivity index (χ1n) is 10.5. The number of aryl methyl sites for hydroxylation is 1. The number of pyridine rings is 1. The van der Waals surface area contributed by atoms with E-state index in [0.29, 0.717) is 5.56 Å². The van der Waals surface area contributed by atoms with E-state index < -0.39 is 11.9 Å². The molecule has 1 aliphatic heterocycles. The average molecular weight is 454 g/mol. The SMILES string of the molecule is C.Cc1ccccc1N1CCN(c2ccnc3ccc(-c4cn[nH]c4C(F)(F)F)cc23)CC1. The number of H-pyrrole nitrogens is 1. The van der Waals surface area contributed by atoms with Gasteiger partial charge in [-0.3, -0.25) is 10.1 Å². The number of nitrogens with one attached hydrogen (secondary N) is 1. The van der Waals surface area contributed by atoms with Crippen molar-refractivity contribution < 1.29 is 13.2 Å². The van der Waals surface area contributed by atoms with E-state index >= 15 is 0 Å². The zero-order chi connectivity index (χ0) is 22.3. The molecule has 0 spiro atoms. The van der Waals surface area contributed by atoms with Crippen LogP contribution in [0.4, 0.5) is 24.5 Å². The number of para-hydroxylation sites is 1. The summed E-state index contributed by atoms with van der Waals surface area (Å²) in [7, 11) is 0. The summed E-state index contributed by atoms with van der Waals surface area (Å²) < 4.78 is 40.1. The minimum Gasteiger partial charge on any atom is -0.368 e. The molecule has 1 aliphatic rings. The molecule has 0 radical (unpaired) electrons. The lowest BCUT2D eigenvalue weighted by atomic mass is 10.0. The van der Waals surface area contributed by atoms with Gasteiger partial charge in [0, 0.05) is 54.7 Å². The zero-order valence-corrected chi connectivity index (χ0v) is 17.5. The van der Waals surface area contributed by atoms with Crippen LogP contribution >= 0.6 is 0 Å². The first-order valence-corrected chi connectivity index (χ1v) is 10.5. The maximum absolute atomic E-state index is 13.4. The topological polar surface area (TPSA) is 48.1 Å². The molecule has 5 rings (SSSR count). The van der Waals surface area contributed by atoms with E-state index in [9.17, 15) is 13.2 Å². The minimum absolute atomic E-state index is 0. The molecule has 2 aromatic carbocycles. The predicted molar refractivity (Wildman–Crippen MR) is 127 cm³/mol. The van der Waals surface area contributed by atoms with Gasteiger partial charge in [-0.05, 0) is 42.3 Å². The maximum Gasteiger partial charge on any atom is 0.433 e. The minimum atomic E-state index is -4.50. The van der Waals surface area contributed by atoms with Gasteiger partial charge < -0.3 is 9.80 Å².